The van der Waals surface area contributed by atoms with E-state index in [4.69, 9.17) is 4.74 Å². The molecule has 0 bridgehead atoms. The monoisotopic (exact) mass is 497 g/mol. The molecule has 29 heavy (non-hydrogen) atoms. The van der Waals surface area contributed by atoms with Crippen LogP contribution in [0, 0.1) is 6.92 Å². The Morgan fingerprint density at radius 2 is 1.76 bits per heavy atom. The van der Waals surface area contributed by atoms with Crippen LogP contribution in [0.15, 0.2) is 35.7 Å². The molecule has 0 spiro atoms. The van der Waals surface area contributed by atoms with E-state index in [1.54, 1.807) is 0 Å². The highest BCUT2D eigenvalue weighted by atomic mass is 79.9. The van der Waals surface area contributed by atoms with Crippen LogP contribution in [0.5, 0.6) is 0 Å². The fourth-order valence-electron chi connectivity index (χ4n) is 4.03. The number of thiophene rings is 1. The van der Waals surface area contributed by atoms with Gasteiger partial charge in [0.05, 0.1) is 31.3 Å². The number of ether oxygens (including phenoxy) is 1. The van der Waals surface area contributed by atoms with Crippen molar-refractivity contribution in [2.45, 2.75) is 38.8 Å². The van der Waals surface area contributed by atoms with Gasteiger partial charge < -0.3 is 27.0 Å². The molecule has 1 N–H and O–H groups in total. The molecule has 4 nitrogen and oxygen atoms in total. The fraction of sp³-hybridized carbons (Fsp3) is 0.455. The Morgan fingerprint density at radius 3 is 2.38 bits per heavy atom. The number of nitrogens with one attached hydrogen (secondary N) is 1. The molecule has 0 unspecified atom stereocenters. The normalized spacial score (nSPS) is 15.7. The molecule has 0 radical (unpaired) electrons. The molecule has 1 aliphatic heterocycles. The highest BCUT2D eigenvalue weighted by molar-refractivity contribution is 7.76. The summed E-state index contributed by atoms with van der Waals surface area (Å²) in [5, 5.41) is 4.94. The minimum Gasteiger partial charge on any atom is -1.00 e. The first-order chi connectivity index (χ1) is 13.5. The minimum absolute atomic E-state index is 0. The predicted octanol–water partition coefficient (Wildman–Crippen LogP) is 2.58. The van der Waals surface area contributed by atoms with Crippen LogP contribution in [0.3, 0.4) is 0 Å². The lowest BCUT2D eigenvalue weighted by molar-refractivity contribution is -0.113. The Kier molecular flexibility index (Phi) is 9.32. The second-order valence-corrected chi connectivity index (χ2v) is 12.8. The molecule has 0 saturated carbocycles. The summed E-state index contributed by atoms with van der Waals surface area (Å²) in [4.78, 5) is 25.6. The summed E-state index contributed by atoms with van der Waals surface area (Å²) in [7, 11) is -0.0457. The van der Waals surface area contributed by atoms with E-state index in [-0.39, 0.29) is 22.9 Å². The number of hydrogen-bond acceptors (Lipinski definition) is 4. The van der Waals surface area contributed by atoms with Crippen LogP contribution in [-0.4, -0.2) is 37.5 Å². The van der Waals surface area contributed by atoms with Crippen molar-refractivity contribution in [1.82, 2.24) is 0 Å². The van der Waals surface area contributed by atoms with Gasteiger partial charge in [-0.05, 0) is 49.1 Å². The standard InChI is InChI=1S/C22H28NO3PS.BrH/c1-17-16-28-21(22(25)26-2)20(17)23-19(24)15-27(12-8-3-4-9-13-27)14-18-10-6-5-7-11-18;/h5-7,10-11,16H,3-4,8-9,12-15H2,1-2H3;1H. The highest BCUT2D eigenvalue weighted by Gasteiger charge is 2.40. The Morgan fingerprint density at radius 1 is 1.10 bits per heavy atom. The van der Waals surface area contributed by atoms with E-state index in [0.29, 0.717) is 16.7 Å². The van der Waals surface area contributed by atoms with Gasteiger partial charge in [-0.2, -0.15) is 0 Å². The number of aryl methyl sites for hydroxylation is 1. The van der Waals surface area contributed by atoms with Gasteiger partial charge in [-0.3, -0.25) is 4.79 Å². The summed E-state index contributed by atoms with van der Waals surface area (Å²) in [5.74, 6) is -0.352. The van der Waals surface area contributed by atoms with E-state index in [1.165, 1.54) is 62.0 Å². The predicted molar refractivity (Wildman–Crippen MR) is 119 cm³/mol. The molecule has 0 aliphatic carbocycles. The summed E-state index contributed by atoms with van der Waals surface area (Å²) >= 11 is 1.32. The highest BCUT2D eigenvalue weighted by Crippen LogP contribution is 2.63. The molecule has 1 saturated heterocycles. The van der Waals surface area contributed by atoms with Gasteiger partial charge >= 0.3 is 5.97 Å². The van der Waals surface area contributed by atoms with Crippen molar-refractivity contribution in [2.75, 3.05) is 30.9 Å². The first-order valence-electron chi connectivity index (χ1n) is 9.88. The molecular formula is C22H29BrNO3PS. The summed E-state index contributed by atoms with van der Waals surface area (Å²) < 4.78 is 4.86. The molecule has 1 amide bonds. The van der Waals surface area contributed by atoms with E-state index in [0.717, 1.165) is 11.7 Å². The van der Waals surface area contributed by atoms with Gasteiger partial charge in [-0.25, -0.2) is 4.79 Å². The molecule has 158 valence electrons. The van der Waals surface area contributed by atoms with Crippen molar-refractivity contribution in [2.24, 2.45) is 0 Å². The maximum atomic E-state index is 13.1. The zero-order valence-corrected chi connectivity index (χ0v) is 20.4. The van der Waals surface area contributed by atoms with Gasteiger partial charge in [0.15, 0.2) is 0 Å². The van der Waals surface area contributed by atoms with E-state index in [9.17, 15) is 9.59 Å². The first kappa shape index (κ1) is 24.0. The average molecular weight is 498 g/mol. The topological polar surface area (TPSA) is 55.4 Å². The maximum absolute atomic E-state index is 13.1. The van der Waals surface area contributed by atoms with Gasteiger partial charge in [0.2, 0.25) is 0 Å². The van der Waals surface area contributed by atoms with Crippen LogP contribution in [-0.2, 0) is 15.7 Å². The zero-order chi connectivity index (χ0) is 20.0. The van der Waals surface area contributed by atoms with Gasteiger partial charge in [0, 0.05) is 7.26 Å². The number of methoxy groups -OCH3 is 1. The quantitative estimate of drug-likeness (QED) is 0.492. The molecule has 7 heteroatoms. The lowest BCUT2D eigenvalue weighted by Gasteiger charge is -2.26. The average Bonchev–Trinajstić information content (AvgIpc) is 2.90. The van der Waals surface area contributed by atoms with E-state index in [2.05, 4.69) is 29.6 Å². The third-order valence-electron chi connectivity index (χ3n) is 5.46. The number of amides is 1. The molecule has 1 fully saturated rings. The molecule has 1 aromatic carbocycles. The Balaban J connectivity index is 0.00000300. The number of anilines is 1. The number of esters is 1. The molecular weight excluding hydrogens is 469 g/mol. The summed E-state index contributed by atoms with van der Waals surface area (Å²) in [6.07, 6.45) is 8.98. The molecule has 0 atom stereocenters. The van der Waals surface area contributed by atoms with Gasteiger partial charge in [0.1, 0.15) is 11.0 Å². The second kappa shape index (κ2) is 11.2. The second-order valence-electron chi connectivity index (χ2n) is 7.67. The van der Waals surface area contributed by atoms with Crippen molar-refractivity contribution in [3.8, 4) is 0 Å². The molecule has 2 aromatic rings. The summed E-state index contributed by atoms with van der Waals surface area (Å²) in [5.41, 5.74) is 2.87. The maximum Gasteiger partial charge on any atom is 0.350 e. The zero-order valence-electron chi connectivity index (χ0n) is 17.1. The van der Waals surface area contributed by atoms with Gasteiger partial charge in [-0.1, -0.05) is 30.3 Å². The Labute approximate surface area is 188 Å². The molecule has 3 rings (SSSR count). The van der Waals surface area contributed by atoms with Crippen LogP contribution in [0.4, 0.5) is 5.69 Å². The number of carbonyl (C=O) groups is 2. The van der Waals surface area contributed by atoms with Crippen LogP contribution in [0.2, 0.25) is 0 Å². The van der Waals surface area contributed by atoms with Crippen LogP contribution in [0.1, 0.15) is 46.5 Å². The van der Waals surface area contributed by atoms with Crippen molar-refractivity contribution in [1.29, 1.82) is 0 Å². The van der Waals surface area contributed by atoms with Crippen LogP contribution in [0.25, 0.3) is 0 Å². The molecule has 1 aromatic heterocycles. The van der Waals surface area contributed by atoms with Gasteiger partial charge in [-0.15, -0.1) is 11.3 Å². The van der Waals surface area contributed by atoms with E-state index >= 15 is 0 Å². The smallest absolute Gasteiger partial charge is 0.350 e. The lowest BCUT2D eigenvalue weighted by Crippen LogP contribution is -3.00. The number of rotatable bonds is 6. The lowest BCUT2D eigenvalue weighted by atomic mass is 10.2. The largest absolute Gasteiger partial charge is 1.00 e. The molecule has 1 aliphatic rings. The first-order valence-corrected chi connectivity index (χ1v) is 13.3. The number of benzene rings is 1. The van der Waals surface area contributed by atoms with Crippen LogP contribution >= 0.6 is 18.6 Å². The SMILES string of the molecule is COC(=O)c1scc(C)c1NC(=O)C[P+]1(Cc2ccccc2)CCCCCC1.[Br-]. The van der Waals surface area contributed by atoms with Crippen molar-refractivity contribution >= 4 is 36.2 Å². The third kappa shape index (κ3) is 6.37. The number of carbonyl (C=O) groups excluding carboxylic acids is 2. The number of halogens is 1. The fourth-order valence-corrected chi connectivity index (χ4v) is 9.38. The third-order valence-corrected chi connectivity index (χ3v) is 11.1. The van der Waals surface area contributed by atoms with E-state index in [1.807, 2.05) is 18.4 Å². The summed E-state index contributed by atoms with van der Waals surface area (Å²) in [6, 6.07) is 10.6. The minimum atomic E-state index is -1.42. The van der Waals surface area contributed by atoms with Gasteiger partial charge in [0.25, 0.3) is 5.91 Å². The van der Waals surface area contributed by atoms with Crippen LogP contribution < -0.4 is 22.3 Å². The summed E-state index contributed by atoms with van der Waals surface area (Å²) in [6.45, 7) is 1.92. The van der Waals surface area contributed by atoms with Crippen molar-refractivity contribution < 1.29 is 31.3 Å². The van der Waals surface area contributed by atoms with E-state index < -0.39 is 13.2 Å². The number of hydrogen-bond donors (Lipinski definition) is 1. The van der Waals surface area contributed by atoms with Crippen molar-refractivity contribution in [3.05, 3.63) is 51.7 Å². The molecule has 2 heterocycles. The Hall–Kier alpha value is -1.23. The van der Waals surface area contributed by atoms with Crippen molar-refractivity contribution in [3.63, 3.8) is 0 Å². The Bertz CT molecular complexity index is 817.